The third-order valence-corrected chi connectivity index (χ3v) is 2.79. The Morgan fingerprint density at radius 1 is 1.53 bits per heavy atom. The molecule has 0 aliphatic rings. The van der Waals surface area contributed by atoms with Crippen LogP contribution in [-0.4, -0.2) is 16.8 Å². The minimum Gasteiger partial charge on any atom is -0.444 e. The highest BCUT2D eigenvalue weighted by molar-refractivity contribution is 9.10. The molecule has 84 valence electrons. The lowest BCUT2D eigenvalue weighted by molar-refractivity contribution is 0.0882. The number of furan rings is 1. The number of nitrogens with one attached hydrogen (secondary N) is 1. The first-order valence-corrected chi connectivity index (χ1v) is 6.50. The molecular weight excluding hydrogens is 326 g/mol. The molecule has 0 saturated carbocycles. The monoisotopic (exact) mass is 337 g/mol. The molecule has 0 atom stereocenters. The molecule has 15 heavy (non-hydrogen) atoms. The van der Waals surface area contributed by atoms with Gasteiger partial charge in [-0.1, -0.05) is 15.9 Å². The summed E-state index contributed by atoms with van der Waals surface area (Å²) in [6.07, 6.45) is 0.862. The fraction of sp³-hybridized carbons (Fsp3) is 0.500. The van der Waals surface area contributed by atoms with E-state index in [9.17, 15) is 4.79 Å². The Morgan fingerprint density at radius 2 is 2.20 bits per heavy atom. The maximum absolute atomic E-state index is 11.7. The standard InChI is InChI=1S/C10H13Br2NO2/c1-10(2,5-6-11)13-9(14)7-3-4-8(12)15-7/h3-4H,5-6H2,1-2H3,(H,13,14). The molecule has 1 aromatic rings. The van der Waals surface area contributed by atoms with Crippen molar-refractivity contribution in [1.29, 1.82) is 0 Å². The second-order valence-electron chi connectivity index (χ2n) is 3.88. The van der Waals surface area contributed by atoms with E-state index in [0.29, 0.717) is 10.4 Å². The van der Waals surface area contributed by atoms with Crippen molar-refractivity contribution in [1.82, 2.24) is 5.32 Å². The molecule has 5 heteroatoms. The average Bonchev–Trinajstić information content (AvgIpc) is 2.50. The maximum Gasteiger partial charge on any atom is 0.287 e. The Bertz CT molecular complexity index is 347. The number of rotatable bonds is 4. The number of alkyl halides is 1. The van der Waals surface area contributed by atoms with E-state index < -0.39 is 0 Å². The van der Waals surface area contributed by atoms with E-state index in [4.69, 9.17) is 4.42 Å². The van der Waals surface area contributed by atoms with Gasteiger partial charge in [0.05, 0.1) is 0 Å². The summed E-state index contributed by atoms with van der Waals surface area (Å²) in [4.78, 5) is 11.7. The summed E-state index contributed by atoms with van der Waals surface area (Å²) < 4.78 is 5.72. The molecule has 1 rings (SSSR count). The molecule has 1 amide bonds. The zero-order valence-electron chi connectivity index (χ0n) is 8.64. The largest absolute Gasteiger partial charge is 0.444 e. The SMILES string of the molecule is CC(C)(CCBr)NC(=O)c1ccc(Br)o1. The number of carbonyl (C=O) groups excluding carboxylic acids is 1. The fourth-order valence-corrected chi connectivity index (χ4v) is 2.40. The van der Waals surface area contributed by atoms with Crippen molar-refractivity contribution >= 4 is 37.8 Å². The Kier molecular flexibility index (Phi) is 4.40. The zero-order chi connectivity index (χ0) is 11.5. The molecule has 0 aromatic carbocycles. The van der Waals surface area contributed by atoms with Gasteiger partial charge >= 0.3 is 0 Å². The van der Waals surface area contributed by atoms with Crippen LogP contribution in [0.2, 0.25) is 0 Å². The number of halogens is 2. The van der Waals surface area contributed by atoms with Crippen LogP contribution in [0.4, 0.5) is 0 Å². The average molecular weight is 339 g/mol. The predicted molar refractivity (Wildman–Crippen MR) is 66.4 cm³/mol. The normalized spacial score (nSPS) is 11.5. The Hall–Kier alpha value is -0.290. The summed E-state index contributed by atoms with van der Waals surface area (Å²) in [6.45, 7) is 3.95. The van der Waals surface area contributed by atoms with Crippen LogP contribution in [0.5, 0.6) is 0 Å². The van der Waals surface area contributed by atoms with Gasteiger partial charge in [-0.05, 0) is 48.3 Å². The van der Waals surface area contributed by atoms with Crippen molar-refractivity contribution in [3.05, 3.63) is 22.6 Å². The molecule has 1 N–H and O–H groups in total. The van der Waals surface area contributed by atoms with E-state index in [1.54, 1.807) is 12.1 Å². The van der Waals surface area contributed by atoms with E-state index in [2.05, 4.69) is 37.2 Å². The molecule has 3 nitrogen and oxygen atoms in total. The number of hydrogen-bond donors (Lipinski definition) is 1. The van der Waals surface area contributed by atoms with E-state index in [1.807, 2.05) is 13.8 Å². The van der Waals surface area contributed by atoms with E-state index in [1.165, 1.54) is 0 Å². The van der Waals surface area contributed by atoms with Gasteiger partial charge in [-0.15, -0.1) is 0 Å². The van der Waals surface area contributed by atoms with E-state index in [0.717, 1.165) is 11.8 Å². The summed E-state index contributed by atoms with van der Waals surface area (Å²) in [5.74, 6) is 0.135. The third-order valence-electron chi connectivity index (χ3n) is 1.97. The highest BCUT2D eigenvalue weighted by Gasteiger charge is 2.21. The van der Waals surface area contributed by atoms with Crippen molar-refractivity contribution < 1.29 is 9.21 Å². The first kappa shape index (κ1) is 12.8. The van der Waals surface area contributed by atoms with Gasteiger partial charge in [0.2, 0.25) is 0 Å². The topological polar surface area (TPSA) is 42.2 Å². The van der Waals surface area contributed by atoms with Crippen LogP contribution >= 0.6 is 31.9 Å². The van der Waals surface area contributed by atoms with Crippen molar-refractivity contribution in [3.8, 4) is 0 Å². The third kappa shape index (κ3) is 3.99. The molecule has 0 radical (unpaired) electrons. The quantitative estimate of drug-likeness (QED) is 0.855. The summed E-state index contributed by atoms with van der Waals surface area (Å²) in [7, 11) is 0. The summed E-state index contributed by atoms with van der Waals surface area (Å²) >= 11 is 6.51. The minimum absolute atomic E-state index is 0.188. The van der Waals surface area contributed by atoms with Gasteiger partial charge in [0.1, 0.15) is 0 Å². The predicted octanol–water partition coefficient (Wildman–Crippen LogP) is 3.34. The van der Waals surface area contributed by atoms with Gasteiger partial charge in [0.15, 0.2) is 10.4 Å². The Morgan fingerprint density at radius 3 is 2.67 bits per heavy atom. The van der Waals surface area contributed by atoms with Gasteiger partial charge in [-0.25, -0.2) is 0 Å². The molecular formula is C10H13Br2NO2. The minimum atomic E-state index is -0.236. The number of hydrogen-bond acceptors (Lipinski definition) is 2. The van der Waals surface area contributed by atoms with Gasteiger partial charge in [0, 0.05) is 10.9 Å². The van der Waals surface area contributed by atoms with Crippen LogP contribution in [-0.2, 0) is 0 Å². The highest BCUT2D eigenvalue weighted by Crippen LogP contribution is 2.16. The Balaban J connectivity index is 2.63. The molecule has 0 bridgehead atoms. The van der Waals surface area contributed by atoms with Gasteiger partial charge in [-0.3, -0.25) is 4.79 Å². The lowest BCUT2D eigenvalue weighted by Crippen LogP contribution is -2.43. The highest BCUT2D eigenvalue weighted by atomic mass is 79.9. The van der Waals surface area contributed by atoms with E-state index in [-0.39, 0.29) is 11.4 Å². The first-order chi connectivity index (χ1) is 6.94. The zero-order valence-corrected chi connectivity index (χ0v) is 11.8. The van der Waals surface area contributed by atoms with Crippen LogP contribution in [0.25, 0.3) is 0 Å². The second-order valence-corrected chi connectivity index (χ2v) is 5.46. The van der Waals surface area contributed by atoms with Crippen LogP contribution < -0.4 is 5.32 Å². The summed E-state index contributed by atoms with van der Waals surface area (Å²) in [6, 6.07) is 3.34. The fourth-order valence-electron chi connectivity index (χ4n) is 1.10. The molecule has 0 saturated heterocycles. The maximum atomic E-state index is 11.7. The number of carbonyl (C=O) groups is 1. The smallest absolute Gasteiger partial charge is 0.287 e. The summed E-state index contributed by atoms with van der Waals surface area (Å²) in [5, 5.41) is 3.75. The molecule has 0 fully saturated rings. The lowest BCUT2D eigenvalue weighted by atomic mass is 10.0. The molecule has 0 aliphatic heterocycles. The second kappa shape index (κ2) is 5.16. The Labute approximate surface area is 106 Å². The van der Waals surface area contributed by atoms with Crippen molar-refractivity contribution in [2.75, 3.05) is 5.33 Å². The first-order valence-electron chi connectivity index (χ1n) is 4.58. The van der Waals surface area contributed by atoms with Crippen LogP contribution in [0.3, 0.4) is 0 Å². The molecule has 0 spiro atoms. The van der Waals surface area contributed by atoms with Gasteiger partial charge in [0.25, 0.3) is 5.91 Å². The van der Waals surface area contributed by atoms with Crippen molar-refractivity contribution in [2.24, 2.45) is 0 Å². The summed E-state index contributed by atoms with van der Waals surface area (Å²) in [5.41, 5.74) is -0.236. The van der Waals surface area contributed by atoms with E-state index >= 15 is 0 Å². The van der Waals surface area contributed by atoms with Crippen molar-refractivity contribution in [2.45, 2.75) is 25.8 Å². The molecule has 0 unspecified atom stereocenters. The van der Waals surface area contributed by atoms with Crippen LogP contribution in [0.1, 0.15) is 30.8 Å². The van der Waals surface area contributed by atoms with Gasteiger partial charge in [-0.2, -0.15) is 0 Å². The van der Waals surface area contributed by atoms with Crippen LogP contribution in [0, 0.1) is 0 Å². The molecule has 0 aliphatic carbocycles. The molecule has 1 aromatic heterocycles. The van der Waals surface area contributed by atoms with Gasteiger partial charge < -0.3 is 9.73 Å². The van der Waals surface area contributed by atoms with Crippen LogP contribution in [0.15, 0.2) is 21.2 Å². The molecule has 1 heterocycles. The van der Waals surface area contributed by atoms with Crippen molar-refractivity contribution in [3.63, 3.8) is 0 Å². The number of amides is 1. The lowest BCUT2D eigenvalue weighted by Gasteiger charge is -2.24.